The molecule has 6 nitrogen and oxygen atoms in total. The lowest BCUT2D eigenvalue weighted by Gasteiger charge is -2.29. The lowest BCUT2D eigenvalue weighted by Crippen LogP contribution is -2.47. The molecule has 0 atom stereocenters. The minimum atomic E-state index is -1.31. The van der Waals surface area contributed by atoms with Crippen molar-refractivity contribution < 1.29 is 19.1 Å². The molecule has 1 aliphatic rings. The molecule has 0 saturated carbocycles. The van der Waals surface area contributed by atoms with E-state index < -0.39 is 17.3 Å². The summed E-state index contributed by atoms with van der Waals surface area (Å²) in [6.45, 7) is 5.69. The predicted octanol–water partition coefficient (Wildman–Crippen LogP) is 3.42. The summed E-state index contributed by atoms with van der Waals surface area (Å²) in [5, 5.41) is 2.73. The zero-order valence-electron chi connectivity index (χ0n) is 16.3. The second kappa shape index (κ2) is 7.84. The Morgan fingerprint density at radius 3 is 2.50 bits per heavy atom. The Bertz CT molecular complexity index is 920. The van der Waals surface area contributed by atoms with Crippen LogP contribution in [0.15, 0.2) is 48.5 Å². The molecule has 1 aliphatic heterocycles. The van der Waals surface area contributed by atoms with Crippen LogP contribution in [0.5, 0.6) is 0 Å². The number of carbonyl (C=O) groups is 3. The number of ether oxygens (including phenoxy) is 1. The lowest BCUT2D eigenvalue weighted by molar-refractivity contribution is -0.136. The van der Waals surface area contributed by atoms with E-state index in [4.69, 9.17) is 4.74 Å². The predicted molar refractivity (Wildman–Crippen MR) is 107 cm³/mol. The van der Waals surface area contributed by atoms with Crippen LogP contribution in [-0.2, 0) is 20.7 Å². The maximum atomic E-state index is 13.2. The molecule has 28 heavy (non-hydrogen) atoms. The van der Waals surface area contributed by atoms with Crippen LogP contribution >= 0.6 is 0 Å². The topological polar surface area (TPSA) is 75.7 Å². The van der Waals surface area contributed by atoms with E-state index in [1.807, 2.05) is 24.3 Å². The Kier molecular flexibility index (Phi) is 5.49. The van der Waals surface area contributed by atoms with E-state index in [1.165, 1.54) is 0 Å². The van der Waals surface area contributed by atoms with Crippen molar-refractivity contribution in [2.45, 2.75) is 27.2 Å². The standard InChI is InChI=1S/C22H24N2O4/c1-4-28-19(25)16-10-6-7-11-17(16)23-20(26)22(2,3)21(27)24-14-13-15-9-5-8-12-18(15)24/h5-12H,4,13-14H2,1-3H3,(H,23,26). The summed E-state index contributed by atoms with van der Waals surface area (Å²) in [6.07, 6.45) is 0.769. The second-order valence-electron chi connectivity index (χ2n) is 7.18. The number of rotatable bonds is 5. The maximum Gasteiger partial charge on any atom is 0.340 e. The van der Waals surface area contributed by atoms with Crippen LogP contribution in [0, 0.1) is 5.41 Å². The molecule has 0 aliphatic carbocycles. The van der Waals surface area contributed by atoms with E-state index in [1.54, 1.807) is 49.9 Å². The van der Waals surface area contributed by atoms with Gasteiger partial charge >= 0.3 is 5.97 Å². The van der Waals surface area contributed by atoms with Gasteiger partial charge in [0.05, 0.1) is 17.9 Å². The first-order chi connectivity index (χ1) is 13.4. The number of hydrogen-bond acceptors (Lipinski definition) is 4. The Morgan fingerprint density at radius 2 is 1.75 bits per heavy atom. The molecule has 0 radical (unpaired) electrons. The molecule has 0 unspecified atom stereocenters. The van der Waals surface area contributed by atoms with Crippen LogP contribution in [0.25, 0.3) is 0 Å². The van der Waals surface area contributed by atoms with E-state index in [0.29, 0.717) is 12.2 Å². The molecular formula is C22H24N2O4. The van der Waals surface area contributed by atoms with Gasteiger partial charge in [0.2, 0.25) is 11.8 Å². The Hall–Kier alpha value is -3.15. The number of amides is 2. The van der Waals surface area contributed by atoms with Gasteiger partial charge < -0.3 is 15.0 Å². The zero-order valence-corrected chi connectivity index (χ0v) is 16.3. The first-order valence-corrected chi connectivity index (χ1v) is 9.33. The Morgan fingerprint density at radius 1 is 1.07 bits per heavy atom. The van der Waals surface area contributed by atoms with Crippen molar-refractivity contribution in [2.75, 3.05) is 23.4 Å². The van der Waals surface area contributed by atoms with Gasteiger partial charge in [-0.3, -0.25) is 9.59 Å². The molecule has 1 N–H and O–H groups in total. The van der Waals surface area contributed by atoms with Gasteiger partial charge in [-0.05, 0) is 51.0 Å². The number of anilines is 2. The van der Waals surface area contributed by atoms with Crippen LogP contribution in [0.3, 0.4) is 0 Å². The SMILES string of the molecule is CCOC(=O)c1ccccc1NC(=O)C(C)(C)C(=O)N1CCc2ccccc21. The molecule has 3 rings (SSSR count). The fraction of sp³-hybridized carbons (Fsp3) is 0.318. The Balaban J connectivity index is 1.81. The molecule has 6 heteroatoms. The molecule has 0 spiro atoms. The highest BCUT2D eigenvalue weighted by molar-refractivity contribution is 6.16. The molecular weight excluding hydrogens is 356 g/mol. The normalized spacial score (nSPS) is 13.0. The number of carbonyl (C=O) groups excluding carboxylic acids is 3. The first kappa shape index (κ1) is 19.6. The smallest absolute Gasteiger partial charge is 0.340 e. The summed E-state index contributed by atoms with van der Waals surface area (Å²) in [7, 11) is 0. The zero-order chi connectivity index (χ0) is 20.3. The van der Waals surface area contributed by atoms with Crippen molar-refractivity contribution in [3.63, 3.8) is 0 Å². The van der Waals surface area contributed by atoms with E-state index in [0.717, 1.165) is 17.7 Å². The van der Waals surface area contributed by atoms with E-state index in [9.17, 15) is 14.4 Å². The highest BCUT2D eigenvalue weighted by Crippen LogP contribution is 2.32. The molecule has 0 saturated heterocycles. The molecule has 146 valence electrons. The molecule has 0 bridgehead atoms. The van der Waals surface area contributed by atoms with Gasteiger partial charge in [0.15, 0.2) is 0 Å². The van der Waals surface area contributed by atoms with Gasteiger partial charge in [-0.25, -0.2) is 4.79 Å². The highest BCUT2D eigenvalue weighted by Gasteiger charge is 2.41. The van der Waals surface area contributed by atoms with Crippen LogP contribution in [0.2, 0.25) is 0 Å². The summed E-state index contributed by atoms with van der Waals surface area (Å²) in [5.41, 5.74) is 1.22. The van der Waals surface area contributed by atoms with Crippen LogP contribution in [-0.4, -0.2) is 30.9 Å². The minimum absolute atomic E-state index is 0.236. The van der Waals surface area contributed by atoms with Crippen molar-refractivity contribution in [3.8, 4) is 0 Å². The summed E-state index contributed by atoms with van der Waals surface area (Å²) in [5.74, 6) is -1.27. The molecule has 1 heterocycles. The summed E-state index contributed by atoms with van der Waals surface area (Å²) < 4.78 is 5.04. The third kappa shape index (κ3) is 3.63. The largest absolute Gasteiger partial charge is 0.462 e. The number of hydrogen-bond donors (Lipinski definition) is 1. The first-order valence-electron chi connectivity index (χ1n) is 9.33. The third-order valence-electron chi connectivity index (χ3n) is 4.91. The molecule has 2 aromatic carbocycles. The van der Waals surface area contributed by atoms with Crippen molar-refractivity contribution in [1.29, 1.82) is 0 Å². The van der Waals surface area contributed by atoms with Gasteiger partial charge in [0, 0.05) is 12.2 Å². The molecule has 2 amide bonds. The van der Waals surface area contributed by atoms with Gasteiger partial charge in [-0.15, -0.1) is 0 Å². The Labute approximate surface area is 164 Å². The number of fused-ring (bicyclic) bond motifs is 1. The van der Waals surface area contributed by atoms with Gasteiger partial charge in [-0.1, -0.05) is 30.3 Å². The number of nitrogens with one attached hydrogen (secondary N) is 1. The van der Waals surface area contributed by atoms with E-state index in [-0.39, 0.29) is 18.1 Å². The van der Waals surface area contributed by atoms with Crippen molar-refractivity contribution in [2.24, 2.45) is 5.41 Å². The van der Waals surface area contributed by atoms with Gasteiger partial charge in [0.1, 0.15) is 5.41 Å². The third-order valence-corrected chi connectivity index (χ3v) is 4.91. The van der Waals surface area contributed by atoms with Crippen LogP contribution < -0.4 is 10.2 Å². The lowest BCUT2D eigenvalue weighted by atomic mass is 9.90. The quantitative estimate of drug-likeness (QED) is 0.637. The summed E-state index contributed by atoms with van der Waals surface area (Å²) in [4.78, 5) is 39.9. The second-order valence-corrected chi connectivity index (χ2v) is 7.18. The monoisotopic (exact) mass is 380 g/mol. The average Bonchev–Trinajstić information content (AvgIpc) is 3.11. The molecule has 0 aromatic heterocycles. The summed E-state index contributed by atoms with van der Waals surface area (Å²) in [6, 6.07) is 14.3. The molecule has 0 fully saturated rings. The average molecular weight is 380 g/mol. The number of benzene rings is 2. The number of nitrogens with zero attached hydrogens (tertiary/aromatic N) is 1. The van der Waals surface area contributed by atoms with Crippen molar-refractivity contribution in [1.82, 2.24) is 0 Å². The maximum absolute atomic E-state index is 13.2. The van der Waals surface area contributed by atoms with Crippen LogP contribution in [0.4, 0.5) is 11.4 Å². The fourth-order valence-corrected chi connectivity index (χ4v) is 3.24. The van der Waals surface area contributed by atoms with Gasteiger partial charge in [-0.2, -0.15) is 0 Å². The number of esters is 1. The van der Waals surface area contributed by atoms with E-state index >= 15 is 0 Å². The summed E-state index contributed by atoms with van der Waals surface area (Å²) >= 11 is 0. The molecule has 2 aromatic rings. The minimum Gasteiger partial charge on any atom is -0.462 e. The van der Waals surface area contributed by atoms with Crippen molar-refractivity contribution >= 4 is 29.2 Å². The van der Waals surface area contributed by atoms with E-state index in [2.05, 4.69) is 5.32 Å². The van der Waals surface area contributed by atoms with Crippen molar-refractivity contribution in [3.05, 3.63) is 59.7 Å². The fourth-order valence-electron chi connectivity index (χ4n) is 3.24. The van der Waals surface area contributed by atoms with Crippen LogP contribution in [0.1, 0.15) is 36.7 Å². The number of para-hydroxylation sites is 2. The highest BCUT2D eigenvalue weighted by atomic mass is 16.5. The van der Waals surface area contributed by atoms with Gasteiger partial charge in [0.25, 0.3) is 0 Å².